The van der Waals surface area contributed by atoms with Gasteiger partial charge in [-0.2, -0.15) is 0 Å². The molecule has 0 N–H and O–H groups in total. The van der Waals surface area contributed by atoms with Crippen LogP contribution in [-0.4, -0.2) is 61.5 Å². The molecule has 5 heteroatoms. The summed E-state index contributed by atoms with van der Waals surface area (Å²) in [5.41, 5.74) is 0. The Morgan fingerprint density at radius 3 is 2.55 bits per heavy atom. The van der Waals surface area contributed by atoms with E-state index < -0.39 is 0 Å². The monoisotopic (exact) mass is 280 g/mol. The Kier molecular flexibility index (Phi) is 7.01. The van der Waals surface area contributed by atoms with E-state index in [4.69, 9.17) is 4.74 Å². The molecule has 20 heavy (non-hydrogen) atoms. The van der Waals surface area contributed by atoms with Crippen LogP contribution in [0, 0.1) is 5.92 Å². The molecule has 0 radical (unpaired) electrons. The van der Waals surface area contributed by atoms with E-state index in [-0.39, 0.29) is 17.8 Å². The predicted octanol–water partition coefficient (Wildman–Crippen LogP) is 1.07. The molecule has 1 saturated heterocycles. The molecule has 0 aromatic carbocycles. The quantitative estimate of drug-likeness (QED) is 0.517. The number of nitrogens with zero attached hydrogens (tertiary/aromatic N) is 2. The van der Waals surface area contributed by atoms with E-state index in [2.05, 4.69) is 13.2 Å². The van der Waals surface area contributed by atoms with E-state index >= 15 is 0 Å². The number of ether oxygens (including phenoxy) is 1. The Bertz CT molecular complexity index is 358. The van der Waals surface area contributed by atoms with Gasteiger partial charge >= 0.3 is 5.97 Å². The molecule has 0 aliphatic carbocycles. The Hall–Kier alpha value is -1.62. The van der Waals surface area contributed by atoms with Gasteiger partial charge in [0.1, 0.15) is 0 Å². The van der Waals surface area contributed by atoms with Crippen molar-refractivity contribution in [2.24, 2.45) is 5.92 Å². The summed E-state index contributed by atoms with van der Waals surface area (Å²) < 4.78 is 4.78. The molecule has 0 bridgehead atoms. The van der Waals surface area contributed by atoms with E-state index in [1.807, 2.05) is 4.90 Å². The van der Waals surface area contributed by atoms with Gasteiger partial charge in [-0.1, -0.05) is 12.2 Å². The highest BCUT2D eigenvalue weighted by atomic mass is 16.5. The highest BCUT2D eigenvalue weighted by molar-refractivity contribution is 5.79. The number of carbonyl (C=O) groups excluding carboxylic acids is 2. The molecule has 1 atom stereocenters. The standard InChI is InChI=1S/C15H24N2O3/c1-4-8-17(9-5-2)14(18)12-16-10-6-7-13(11-16)15(19)20-3/h4-5,13H,1-2,6-12H2,3H3/t13-/m0/s1. The summed E-state index contributed by atoms with van der Waals surface area (Å²) in [6, 6.07) is 0. The van der Waals surface area contributed by atoms with Crippen LogP contribution < -0.4 is 0 Å². The van der Waals surface area contributed by atoms with Crippen molar-refractivity contribution in [2.45, 2.75) is 12.8 Å². The summed E-state index contributed by atoms with van der Waals surface area (Å²) >= 11 is 0. The SMILES string of the molecule is C=CCN(CC=C)C(=O)CN1CCC[C@H](C(=O)OC)C1. The fourth-order valence-corrected chi connectivity index (χ4v) is 2.44. The van der Waals surface area contributed by atoms with E-state index in [0.717, 1.165) is 19.4 Å². The van der Waals surface area contributed by atoms with Crippen molar-refractivity contribution in [3.05, 3.63) is 25.3 Å². The third-order valence-corrected chi connectivity index (χ3v) is 3.45. The first-order valence-corrected chi connectivity index (χ1v) is 6.92. The summed E-state index contributed by atoms with van der Waals surface area (Å²) in [4.78, 5) is 27.5. The molecule has 1 aliphatic rings. The molecule has 1 heterocycles. The molecule has 1 fully saturated rings. The smallest absolute Gasteiger partial charge is 0.309 e. The lowest BCUT2D eigenvalue weighted by Crippen LogP contribution is -2.45. The van der Waals surface area contributed by atoms with Crippen LogP contribution in [0.1, 0.15) is 12.8 Å². The molecule has 1 rings (SSSR count). The highest BCUT2D eigenvalue weighted by Crippen LogP contribution is 2.17. The third-order valence-electron chi connectivity index (χ3n) is 3.45. The zero-order chi connectivity index (χ0) is 15.0. The van der Waals surface area contributed by atoms with Crippen LogP contribution in [0.4, 0.5) is 0 Å². The van der Waals surface area contributed by atoms with Crippen molar-refractivity contribution < 1.29 is 14.3 Å². The van der Waals surface area contributed by atoms with E-state index in [1.54, 1.807) is 17.1 Å². The average Bonchev–Trinajstić information content (AvgIpc) is 2.46. The molecular formula is C15H24N2O3. The van der Waals surface area contributed by atoms with Gasteiger partial charge in [-0.25, -0.2) is 0 Å². The van der Waals surface area contributed by atoms with Gasteiger partial charge in [-0.15, -0.1) is 13.2 Å². The number of piperidine rings is 1. The van der Waals surface area contributed by atoms with E-state index in [1.165, 1.54) is 7.11 Å². The van der Waals surface area contributed by atoms with Gasteiger partial charge < -0.3 is 9.64 Å². The number of hydrogen-bond donors (Lipinski definition) is 0. The maximum atomic E-state index is 12.2. The number of likely N-dealkylation sites (tertiary alicyclic amines) is 1. The Labute approximate surface area is 120 Å². The minimum absolute atomic E-state index is 0.0373. The van der Waals surface area contributed by atoms with E-state index in [0.29, 0.717) is 26.2 Å². The van der Waals surface area contributed by atoms with Crippen LogP contribution in [0.5, 0.6) is 0 Å². The molecule has 5 nitrogen and oxygen atoms in total. The molecular weight excluding hydrogens is 256 g/mol. The summed E-state index contributed by atoms with van der Waals surface area (Å²) in [6.07, 6.45) is 5.15. The highest BCUT2D eigenvalue weighted by Gasteiger charge is 2.28. The third kappa shape index (κ3) is 4.81. The van der Waals surface area contributed by atoms with Gasteiger partial charge in [-0.3, -0.25) is 14.5 Å². The second-order valence-electron chi connectivity index (χ2n) is 4.97. The number of methoxy groups -OCH3 is 1. The summed E-state index contributed by atoms with van der Waals surface area (Å²) in [7, 11) is 1.41. The van der Waals surface area contributed by atoms with Crippen LogP contribution in [0.2, 0.25) is 0 Å². The van der Waals surface area contributed by atoms with Crippen molar-refractivity contribution in [2.75, 3.05) is 39.8 Å². The minimum atomic E-state index is -0.184. The molecule has 0 unspecified atom stereocenters. The fraction of sp³-hybridized carbons (Fsp3) is 0.600. The molecule has 0 aromatic rings. The van der Waals surface area contributed by atoms with Crippen molar-refractivity contribution in [3.8, 4) is 0 Å². The summed E-state index contributed by atoms with van der Waals surface area (Å²) in [6.45, 7) is 10.1. The zero-order valence-electron chi connectivity index (χ0n) is 12.2. The first-order valence-electron chi connectivity index (χ1n) is 6.92. The Morgan fingerprint density at radius 2 is 2.00 bits per heavy atom. The molecule has 0 aromatic heterocycles. The van der Waals surface area contributed by atoms with Crippen LogP contribution in [0.15, 0.2) is 25.3 Å². The van der Waals surface area contributed by atoms with Gasteiger partial charge in [0.25, 0.3) is 0 Å². The lowest BCUT2D eigenvalue weighted by Gasteiger charge is -2.32. The number of hydrogen-bond acceptors (Lipinski definition) is 4. The predicted molar refractivity (Wildman–Crippen MR) is 78.2 cm³/mol. The number of amides is 1. The fourth-order valence-electron chi connectivity index (χ4n) is 2.44. The maximum Gasteiger partial charge on any atom is 0.309 e. The van der Waals surface area contributed by atoms with E-state index in [9.17, 15) is 9.59 Å². The maximum absolute atomic E-state index is 12.2. The largest absolute Gasteiger partial charge is 0.469 e. The van der Waals surface area contributed by atoms with Gasteiger partial charge in [0, 0.05) is 19.6 Å². The Morgan fingerprint density at radius 1 is 1.35 bits per heavy atom. The first kappa shape index (κ1) is 16.4. The van der Waals surface area contributed by atoms with Gasteiger partial charge in [-0.05, 0) is 19.4 Å². The molecule has 0 saturated carbocycles. The Balaban J connectivity index is 2.53. The van der Waals surface area contributed by atoms with Crippen molar-refractivity contribution in [1.82, 2.24) is 9.80 Å². The second-order valence-corrected chi connectivity index (χ2v) is 4.97. The lowest BCUT2D eigenvalue weighted by molar-refractivity contribution is -0.148. The van der Waals surface area contributed by atoms with Crippen LogP contribution in [-0.2, 0) is 14.3 Å². The van der Waals surface area contributed by atoms with Crippen LogP contribution in [0.25, 0.3) is 0 Å². The van der Waals surface area contributed by atoms with Crippen molar-refractivity contribution in [1.29, 1.82) is 0 Å². The van der Waals surface area contributed by atoms with Crippen molar-refractivity contribution in [3.63, 3.8) is 0 Å². The minimum Gasteiger partial charge on any atom is -0.469 e. The topological polar surface area (TPSA) is 49.9 Å². The first-order chi connectivity index (χ1) is 9.62. The number of esters is 1. The normalized spacial score (nSPS) is 19.1. The lowest BCUT2D eigenvalue weighted by atomic mass is 9.98. The summed E-state index contributed by atoms with van der Waals surface area (Å²) in [5, 5.41) is 0. The van der Waals surface area contributed by atoms with Gasteiger partial charge in [0.05, 0.1) is 19.6 Å². The van der Waals surface area contributed by atoms with Crippen LogP contribution >= 0.6 is 0 Å². The number of rotatable bonds is 7. The second kappa shape index (κ2) is 8.53. The van der Waals surface area contributed by atoms with Crippen LogP contribution in [0.3, 0.4) is 0 Å². The molecule has 0 spiro atoms. The van der Waals surface area contributed by atoms with Crippen molar-refractivity contribution >= 4 is 11.9 Å². The molecule has 112 valence electrons. The van der Waals surface area contributed by atoms with Gasteiger partial charge in [0.15, 0.2) is 0 Å². The zero-order valence-corrected chi connectivity index (χ0v) is 12.2. The molecule has 1 amide bonds. The molecule has 1 aliphatic heterocycles. The average molecular weight is 280 g/mol. The number of carbonyl (C=O) groups is 2. The summed E-state index contributed by atoms with van der Waals surface area (Å²) in [5.74, 6) is -0.264. The van der Waals surface area contributed by atoms with Gasteiger partial charge in [0.2, 0.25) is 5.91 Å².